The zero-order valence-electron chi connectivity index (χ0n) is 15.6. The number of hydrogen-bond acceptors (Lipinski definition) is 2. The molecule has 4 nitrogen and oxygen atoms in total. The second-order valence-corrected chi connectivity index (χ2v) is 7.86. The smallest absolute Gasteiger partial charge is 0.227 e. The second-order valence-electron chi connectivity index (χ2n) is 7.86. The average molecular weight is 378 g/mol. The predicted molar refractivity (Wildman–Crippen MR) is 100 cm³/mol. The van der Waals surface area contributed by atoms with Gasteiger partial charge in [-0.1, -0.05) is 25.7 Å². The summed E-state index contributed by atoms with van der Waals surface area (Å²) in [6.07, 6.45) is 9.54. The predicted octanol–water partition coefficient (Wildman–Crippen LogP) is 4.55. The number of anilines is 1. The van der Waals surface area contributed by atoms with Crippen molar-refractivity contribution in [1.29, 1.82) is 0 Å². The lowest BCUT2D eigenvalue weighted by Gasteiger charge is -2.28. The van der Waals surface area contributed by atoms with E-state index in [1.165, 1.54) is 31.7 Å². The number of amides is 2. The van der Waals surface area contributed by atoms with E-state index < -0.39 is 11.6 Å². The van der Waals surface area contributed by atoms with Crippen LogP contribution >= 0.6 is 0 Å². The van der Waals surface area contributed by atoms with Gasteiger partial charge < -0.3 is 10.6 Å². The summed E-state index contributed by atoms with van der Waals surface area (Å²) in [4.78, 5) is 24.9. The number of nitrogens with one attached hydrogen (secondary N) is 2. The summed E-state index contributed by atoms with van der Waals surface area (Å²) in [5.74, 6) is -1.88. The molecule has 6 heteroatoms. The van der Waals surface area contributed by atoms with E-state index in [9.17, 15) is 18.4 Å². The molecular weight excluding hydrogens is 350 g/mol. The minimum absolute atomic E-state index is 0.00497. The molecule has 2 aliphatic carbocycles. The van der Waals surface area contributed by atoms with E-state index in [0.717, 1.165) is 25.0 Å². The fourth-order valence-corrected chi connectivity index (χ4v) is 4.19. The molecule has 148 valence electrons. The van der Waals surface area contributed by atoms with Crippen molar-refractivity contribution in [3.05, 3.63) is 29.8 Å². The monoisotopic (exact) mass is 378 g/mol. The maximum absolute atomic E-state index is 13.7. The molecule has 0 aromatic heterocycles. The molecule has 2 aliphatic rings. The first-order chi connectivity index (χ1) is 13.0. The van der Waals surface area contributed by atoms with Crippen molar-refractivity contribution in [2.24, 2.45) is 11.8 Å². The Balaban J connectivity index is 1.46. The summed E-state index contributed by atoms with van der Waals surface area (Å²) in [5, 5.41) is 5.74. The van der Waals surface area contributed by atoms with Crippen molar-refractivity contribution >= 4 is 17.5 Å². The molecule has 2 fully saturated rings. The topological polar surface area (TPSA) is 58.2 Å². The Hall–Kier alpha value is -1.98. The molecule has 0 spiro atoms. The Labute approximate surface area is 159 Å². The highest BCUT2D eigenvalue weighted by molar-refractivity contribution is 5.92. The molecular formula is C21H28F2N2O2. The maximum atomic E-state index is 13.7. The molecule has 0 heterocycles. The molecule has 2 saturated carbocycles. The van der Waals surface area contributed by atoms with Crippen molar-refractivity contribution in [2.45, 2.75) is 70.3 Å². The van der Waals surface area contributed by atoms with E-state index in [2.05, 4.69) is 10.6 Å². The third kappa shape index (κ3) is 5.50. The zero-order valence-corrected chi connectivity index (χ0v) is 15.6. The van der Waals surface area contributed by atoms with Gasteiger partial charge in [0.05, 0.1) is 5.69 Å². The summed E-state index contributed by atoms with van der Waals surface area (Å²) in [6.45, 7) is 0. The molecule has 1 aromatic carbocycles. The van der Waals surface area contributed by atoms with E-state index in [1.54, 1.807) is 0 Å². The highest BCUT2D eigenvalue weighted by Gasteiger charge is 2.31. The lowest BCUT2D eigenvalue weighted by molar-refractivity contribution is -0.129. The van der Waals surface area contributed by atoms with Crippen LogP contribution in [0.25, 0.3) is 0 Å². The SMILES string of the molecule is O=C(Nc1ccc(F)cc1F)C1CCC(C(=O)NC2CCCCCC2)CC1. The molecule has 3 rings (SSSR count). The fourth-order valence-electron chi connectivity index (χ4n) is 4.19. The Morgan fingerprint density at radius 1 is 0.815 bits per heavy atom. The number of benzene rings is 1. The van der Waals surface area contributed by atoms with E-state index in [4.69, 9.17) is 0 Å². The summed E-state index contributed by atoms with van der Waals surface area (Å²) >= 11 is 0. The third-order valence-corrected chi connectivity index (χ3v) is 5.86. The summed E-state index contributed by atoms with van der Waals surface area (Å²) < 4.78 is 26.6. The minimum Gasteiger partial charge on any atom is -0.353 e. The van der Waals surface area contributed by atoms with Crippen LogP contribution in [0.4, 0.5) is 14.5 Å². The first kappa shape index (κ1) is 19.8. The van der Waals surface area contributed by atoms with Crippen LogP contribution in [0.3, 0.4) is 0 Å². The number of carbonyl (C=O) groups is 2. The van der Waals surface area contributed by atoms with Crippen LogP contribution in [0.2, 0.25) is 0 Å². The van der Waals surface area contributed by atoms with E-state index in [-0.39, 0.29) is 29.3 Å². The molecule has 0 atom stereocenters. The first-order valence-corrected chi connectivity index (χ1v) is 10.1. The summed E-state index contributed by atoms with van der Waals surface area (Å²) in [7, 11) is 0. The number of halogens is 2. The minimum atomic E-state index is -0.778. The Kier molecular flexibility index (Phi) is 6.80. The van der Waals surface area contributed by atoms with Crippen LogP contribution in [-0.4, -0.2) is 17.9 Å². The van der Waals surface area contributed by atoms with Gasteiger partial charge in [-0.05, 0) is 50.7 Å². The molecule has 0 unspecified atom stereocenters. The first-order valence-electron chi connectivity index (χ1n) is 10.1. The highest BCUT2D eigenvalue weighted by atomic mass is 19.1. The van der Waals surface area contributed by atoms with Crippen molar-refractivity contribution in [3.63, 3.8) is 0 Å². The fraction of sp³-hybridized carbons (Fsp3) is 0.619. The van der Waals surface area contributed by atoms with Crippen LogP contribution in [0.5, 0.6) is 0 Å². The van der Waals surface area contributed by atoms with E-state index in [0.29, 0.717) is 31.7 Å². The number of rotatable bonds is 4. The Morgan fingerprint density at radius 3 is 2.00 bits per heavy atom. The van der Waals surface area contributed by atoms with Gasteiger partial charge in [0.2, 0.25) is 11.8 Å². The van der Waals surface area contributed by atoms with Gasteiger partial charge in [0.15, 0.2) is 0 Å². The lowest BCUT2D eigenvalue weighted by atomic mass is 9.81. The van der Waals surface area contributed by atoms with Crippen LogP contribution < -0.4 is 10.6 Å². The van der Waals surface area contributed by atoms with Crippen LogP contribution in [0.1, 0.15) is 64.2 Å². The zero-order chi connectivity index (χ0) is 19.2. The molecule has 1 aromatic rings. The molecule has 0 aliphatic heterocycles. The van der Waals surface area contributed by atoms with Crippen LogP contribution in [-0.2, 0) is 9.59 Å². The molecule has 0 radical (unpaired) electrons. The molecule has 0 bridgehead atoms. The van der Waals surface area contributed by atoms with Crippen molar-refractivity contribution < 1.29 is 18.4 Å². The maximum Gasteiger partial charge on any atom is 0.227 e. The number of carbonyl (C=O) groups excluding carboxylic acids is 2. The van der Waals surface area contributed by atoms with Gasteiger partial charge in [-0.3, -0.25) is 9.59 Å². The Bertz CT molecular complexity index is 664. The van der Waals surface area contributed by atoms with Gasteiger partial charge in [-0.2, -0.15) is 0 Å². The quantitative estimate of drug-likeness (QED) is 0.755. The van der Waals surface area contributed by atoms with Crippen molar-refractivity contribution in [2.75, 3.05) is 5.32 Å². The normalized spacial score (nSPS) is 24.1. The van der Waals surface area contributed by atoms with Gasteiger partial charge in [-0.25, -0.2) is 8.78 Å². The summed E-state index contributed by atoms with van der Waals surface area (Å²) in [6, 6.07) is 3.40. The average Bonchev–Trinajstić information content (AvgIpc) is 2.92. The standard InChI is InChI=1S/C21H28F2N2O2/c22-16-11-12-19(18(23)13-16)25-21(27)15-9-7-14(8-10-15)20(26)24-17-5-3-1-2-4-6-17/h11-15,17H,1-10H2,(H,24,26)(H,25,27). The molecule has 2 amide bonds. The van der Waals surface area contributed by atoms with E-state index in [1.807, 2.05) is 0 Å². The second kappa shape index (κ2) is 9.29. The van der Waals surface area contributed by atoms with Crippen LogP contribution in [0, 0.1) is 23.5 Å². The van der Waals surface area contributed by atoms with E-state index >= 15 is 0 Å². The van der Waals surface area contributed by atoms with Gasteiger partial charge >= 0.3 is 0 Å². The number of hydrogen-bond donors (Lipinski definition) is 2. The van der Waals surface area contributed by atoms with Gasteiger partial charge in [0.25, 0.3) is 0 Å². The van der Waals surface area contributed by atoms with Crippen molar-refractivity contribution in [1.82, 2.24) is 5.32 Å². The third-order valence-electron chi connectivity index (χ3n) is 5.86. The van der Waals surface area contributed by atoms with Crippen LogP contribution in [0.15, 0.2) is 18.2 Å². The van der Waals surface area contributed by atoms with Gasteiger partial charge in [0.1, 0.15) is 11.6 Å². The van der Waals surface area contributed by atoms with Gasteiger partial charge in [-0.15, -0.1) is 0 Å². The van der Waals surface area contributed by atoms with Gasteiger partial charge in [0, 0.05) is 23.9 Å². The molecule has 2 N–H and O–H groups in total. The largest absolute Gasteiger partial charge is 0.353 e. The molecule has 0 saturated heterocycles. The highest BCUT2D eigenvalue weighted by Crippen LogP contribution is 2.30. The summed E-state index contributed by atoms with van der Waals surface area (Å²) in [5.41, 5.74) is -0.00497. The molecule has 27 heavy (non-hydrogen) atoms. The lowest BCUT2D eigenvalue weighted by Crippen LogP contribution is -2.40. The van der Waals surface area contributed by atoms with Crippen molar-refractivity contribution in [3.8, 4) is 0 Å². The Morgan fingerprint density at radius 2 is 1.41 bits per heavy atom.